The van der Waals surface area contributed by atoms with Gasteiger partial charge in [-0.25, -0.2) is 0 Å². The van der Waals surface area contributed by atoms with Gasteiger partial charge < -0.3 is 9.64 Å². The van der Waals surface area contributed by atoms with Crippen molar-refractivity contribution in [1.29, 1.82) is 0 Å². The first-order valence-electron chi connectivity index (χ1n) is 7.38. The van der Waals surface area contributed by atoms with Crippen LogP contribution in [0.3, 0.4) is 0 Å². The number of hydrogen-bond donors (Lipinski definition) is 0. The first-order valence-corrected chi connectivity index (χ1v) is 7.76. The lowest BCUT2D eigenvalue weighted by Crippen LogP contribution is -2.42. The molecule has 0 N–H and O–H groups in total. The summed E-state index contributed by atoms with van der Waals surface area (Å²) in [4.78, 5) is 2.37. The molecule has 110 valence electrons. The molecule has 0 radical (unpaired) electrons. The van der Waals surface area contributed by atoms with Crippen molar-refractivity contribution in [3.63, 3.8) is 0 Å². The Hall–Kier alpha value is -1.51. The summed E-state index contributed by atoms with van der Waals surface area (Å²) in [6.07, 6.45) is 1.25. The molecule has 0 spiro atoms. The maximum absolute atomic E-state index is 6.24. The van der Waals surface area contributed by atoms with Crippen LogP contribution in [0.15, 0.2) is 54.6 Å². The minimum Gasteiger partial charge on any atom is -0.490 e. The molecule has 1 saturated heterocycles. The highest BCUT2D eigenvalue weighted by Crippen LogP contribution is 2.30. The van der Waals surface area contributed by atoms with Gasteiger partial charge in [-0.3, -0.25) is 0 Å². The van der Waals surface area contributed by atoms with E-state index in [4.69, 9.17) is 16.3 Å². The molecule has 2 nitrogen and oxygen atoms in total. The molecule has 1 aliphatic rings. The van der Waals surface area contributed by atoms with Crippen molar-refractivity contribution in [2.75, 3.05) is 20.1 Å². The van der Waals surface area contributed by atoms with Crippen LogP contribution in [-0.4, -0.2) is 31.1 Å². The lowest BCUT2D eigenvalue weighted by Gasteiger charge is -2.37. The molecule has 0 saturated carbocycles. The van der Waals surface area contributed by atoms with Crippen LogP contribution < -0.4 is 4.74 Å². The number of benzene rings is 2. The Balaban J connectivity index is 1.79. The smallest absolute Gasteiger partial charge is 0.119 e. The Kier molecular flexibility index (Phi) is 4.47. The van der Waals surface area contributed by atoms with Gasteiger partial charge in [0.15, 0.2) is 0 Å². The van der Waals surface area contributed by atoms with Crippen LogP contribution >= 0.6 is 11.6 Å². The van der Waals surface area contributed by atoms with Gasteiger partial charge in [-0.1, -0.05) is 41.9 Å². The molecular formula is C18H20ClNO. The summed E-state index contributed by atoms with van der Waals surface area (Å²) in [6.45, 7) is 2.10. The number of rotatable bonds is 3. The van der Waals surface area contributed by atoms with E-state index in [-0.39, 0.29) is 6.10 Å². The maximum atomic E-state index is 6.24. The minimum atomic E-state index is 0.213. The maximum Gasteiger partial charge on any atom is 0.119 e. The third-order valence-corrected chi connectivity index (χ3v) is 4.33. The van der Waals surface area contributed by atoms with E-state index in [0.29, 0.717) is 5.92 Å². The van der Waals surface area contributed by atoms with E-state index in [0.717, 1.165) is 30.3 Å². The molecule has 3 rings (SSSR count). The quantitative estimate of drug-likeness (QED) is 0.842. The van der Waals surface area contributed by atoms with Crippen molar-refractivity contribution in [1.82, 2.24) is 4.90 Å². The lowest BCUT2D eigenvalue weighted by molar-refractivity contribution is 0.0902. The lowest BCUT2D eigenvalue weighted by atomic mass is 9.88. The van der Waals surface area contributed by atoms with Crippen LogP contribution in [0.1, 0.15) is 17.9 Å². The summed E-state index contributed by atoms with van der Waals surface area (Å²) in [5.41, 5.74) is 1.35. The molecule has 2 aromatic rings. The number of likely N-dealkylation sites (tertiary alicyclic amines) is 1. The van der Waals surface area contributed by atoms with E-state index in [1.54, 1.807) is 0 Å². The number of hydrogen-bond acceptors (Lipinski definition) is 2. The van der Waals surface area contributed by atoms with Crippen molar-refractivity contribution in [2.24, 2.45) is 0 Å². The van der Waals surface area contributed by atoms with Crippen molar-refractivity contribution >= 4 is 11.6 Å². The van der Waals surface area contributed by atoms with Gasteiger partial charge in [0.05, 0.1) is 0 Å². The first-order chi connectivity index (χ1) is 10.2. The van der Waals surface area contributed by atoms with Crippen LogP contribution in [0.2, 0.25) is 5.02 Å². The van der Waals surface area contributed by atoms with Crippen molar-refractivity contribution in [3.05, 3.63) is 65.2 Å². The molecule has 1 fully saturated rings. The third kappa shape index (κ3) is 3.58. The van der Waals surface area contributed by atoms with E-state index in [2.05, 4.69) is 42.3 Å². The number of piperidine rings is 1. The van der Waals surface area contributed by atoms with Gasteiger partial charge in [0.1, 0.15) is 11.9 Å². The van der Waals surface area contributed by atoms with E-state index in [9.17, 15) is 0 Å². The fourth-order valence-electron chi connectivity index (χ4n) is 2.94. The zero-order valence-corrected chi connectivity index (χ0v) is 13.0. The second-order valence-corrected chi connectivity index (χ2v) is 6.11. The zero-order valence-electron chi connectivity index (χ0n) is 12.2. The molecule has 0 aromatic heterocycles. The molecule has 21 heavy (non-hydrogen) atoms. The van der Waals surface area contributed by atoms with E-state index >= 15 is 0 Å². The predicted molar refractivity (Wildman–Crippen MR) is 87.2 cm³/mol. The minimum absolute atomic E-state index is 0.213. The fourth-order valence-corrected chi connectivity index (χ4v) is 3.07. The van der Waals surface area contributed by atoms with Gasteiger partial charge in [0.25, 0.3) is 0 Å². The van der Waals surface area contributed by atoms with E-state index in [1.165, 1.54) is 5.56 Å². The van der Waals surface area contributed by atoms with Crippen molar-refractivity contribution in [2.45, 2.75) is 18.4 Å². The summed E-state index contributed by atoms with van der Waals surface area (Å²) < 4.78 is 6.24. The van der Waals surface area contributed by atoms with Crippen LogP contribution in [-0.2, 0) is 0 Å². The molecule has 0 bridgehead atoms. The topological polar surface area (TPSA) is 12.5 Å². The average molecular weight is 302 g/mol. The summed E-state index contributed by atoms with van der Waals surface area (Å²) in [5, 5.41) is 0.741. The predicted octanol–water partition coefficient (Wildman–Crippen LogP) is 4.21. The van der Waals surface area contributed by atoms with E-state index < -0.39 is 0 Å². The Morgan fingerprint density at radius 3 is 2.48 bits per heavy atom. The van der Waals surface area contributed by atoms with Gasteiger partial charge in [-0.15, -0.1) is 0 Å². The first kappa shape index (κ1) is 14.4. The molecule has 2 aromatic carbocycles. The Morgan fingerprint density at radius 2 is 1.76 bits per heavy atom. The number of likely N-dealkylation sites (N-methyl/N-ethyl adjacent to an activating group) is 1. The van der Waals surface area contributed by atoms with Crippen LogP contribution in [0, 0.1) is 0 Å². The second-order valence-electron chi connectivity index (χ2n) is 5.68. The zero-order chi connectivity index (χ0) is 14.7. The SMILES string of the molecule is CN1CC[C@@H](Oc2ccc(Cl)cc2)[C@H](c2ccccc2)C1. The Bertz CT molecular complexity index is 570. The molecule has 0 aliphatic carbocycles. The van der Waals surface area contributed by atoms with Gasteiger partial charge in [-0.2, -0.15) is 0 Å². The second kappa shape index (κ2) is 6.50. The monoisotopic (exact) mass is 301 g/mol. The van der Waals surface area contributed by atoms with Crippen molar-refractivity contribution < 1.29 is 4.74 Å². The highest BCUT2D eigenvalue weighted by atomic mass is 35.5. The molecule has 1 aliphatic heterocycles. The Morgan fingerprint density at radius 1 is 1.05 bits per heavy atom. The largest absolute Gasteiger partial charge is 0.490 e. The van der Waals surface area contributed by atoms with Crippen LogP contribution in [0.25, 0.3) is 0 Å². The van der Waals surface area contributed by atoms with Gasteiger partial charge in [0, 0.05) is 24.0 Å². The van der Waals surface area contributed by atoms with Gasteiger partial charge >= 0.3 is 0 Å². The van der Waals surface area contributed by atoms with Gasteiger partial charge in [-0.05, 0) is 43.3 Å². The standard InChI is InChI=1S/C18H20ClNO/c1-20-12-11-18(21-16-9-7-15(19)8-10-16)17(13-20)14-5-3-2-4-6-14/h2-10,17-18H,11-13H2,1H3/t17-,18+/m0/s1. The molecule has 2 atom stereocenters. The average Bonchev–Trinajstić information content (AvgIpc) is 2.52. The summed E-state index contributed by atoms with van der Waals surface area (Å²) in [5.74, 6) is 1.30. The number of ether oxygens (including phenoxy) is 1. The molecule has 3 heteroatoms. The highest BCUT2D eigenvalue weighted by molar-refractivity contribution is 6.30. The highest BCUT2D eigenvalue weighted by Gasteiger charge is 2.30. The normalized spacial score (nSPS) is 23.0. The molecule has 0 unspecified atom stereocenters. The van der Waals surface area contributed by atoms with Crippen LogP contribution in [0.4, 0.5) is 0 Å². The third-order valence-electron chi connectivity index (χ3n) is 4.08. The Labute approximate surface area is 131 Å². The number of halogens is 1. The van der Waals surface area contributed by atoms with E-state index in [1.807, 2.05) is 24.3 Å². The summed E-state index contributed by atoms with van der Waals surface area (Å²) in [7, 11) is 2.18. The molecule has 1 heterocycles. The van der Waals surface area contributed by atoms with Crippen molar-refractivity contribution in [3.8, 4) is 5.75 Å². The molecule has 0 amide bonds. The molecular weight excluding hydrogens is 282 g/mol. The van der Waals surface area contributed by atoms with Gasteiger partial charge in [0.2, 0.25) is 0 Å². The summed E-state index contributed by atoms with van der Waals surface area (Å²) in [6, 6.07) is 18.3. The number of nitrogens with zero attached hydrogens (tertiary/aromatic N) is 1. The summed E-state index contributed by atoms with van der Waals surface area (Å²) >= 11 is 5.94. The fraction of sp³-hybridized carbons (Fsp3) is 0.333. The van der Waals surface area contributed by atoms with Crippen LogP contribution in [0.5, 0.6) is 5.75 Å².